The van der Waals surface area contributed by atoms with Crippen LogP contribution in [-0.4, -0.2) is 24.9 Å². The molecule has 0 saturated heterocycles. The Morgan fingerprint density at radius 2 is 1.90 bits per heavy atom. The molecule has 1 rings (SSSR count). The average molecular weight is 300 g/mol. The molecule has 0 fully saturated rings. The number of ether oxygens (including phenoxy) is 2. The number of halogens is 1. The lowest BCUT2D eigenvalue weighted by molar-refractivity contribution is 0.0128. The van der Waals surface area contributed by atoms with Crippen LogP contribution in [0, 0.1) is 0 Å². The molecule has 3 nitrogen and oxygen atoms in total. The van der Waals surface area contributed by atoms with Gasteiger partial charge in [-0.05, 0) is 59.2 Å². The molecule has 0 heterocycles. The highest BCUT2D eigenvalue weighted by Crippen LogP contribution is 2.29. The lowest BCUT2D eigenvalue weighted by atomic mass is 10.00. The number of hydrogen-bond acceptors (Lipinski definition) is 3. The van der Waals surface area contributed by atoms with E-state index in [4.69, 9.17) is 21.1 Å². The fourth-order valence-electron chi connectivity index (χ4n) is 2.10. The summed E-state index contributed by atoms with van der Waals surface area (Å²) >= 11 is 6.23. The third-order valence-corrected chi connectivity index (χ3v) is 3.35. The minimum Gasteiger partial charge on any atom is -0.489 e. The molecule has 20 heavy (non-hydrogen) atoms. The largest absolute Gasteiger partial charge is 0.489 e. The van der Waals surface area contributed by atoms with E-state index in [0.29, 0.717) is 5.02 Å². The van der Waals surface area contributed by atoms with E-state index in [1.165, 1.54) is 0 Å². The van der Waals surface area contributed by atoms with Crippen molar-refractivity contribution in [1.82, 2.24) is 0 Å². The van der Waals surface area contributed by atoms with Crippen LogP contribution in [0.4, 0.5) is 5.69 Å². The molecule has 0 aliphatic carbocycles. The van der Waals surface area contributed by atoms with E-state index in [1.807, 2.05) is 32.0 Å². The second-order valence-corrected chi connectivity index (χ2v) is 6.43. The maximum atomic E-state index is 6.23. The lowest BCUT2D eigenvalue weighted by Gasteiger charge is -2.27. The summed E-state index contributed by atoms with van der Waals surface area (Å²) in [4.78, 5) is 0. The molecule has 0 aliphatic rings. The van der Waals surface area contributed by atoms with Crippen molar-refractivity contribution in [2.45, 2.75) is 58.8 Å². The van der Waals surface area contributed by atoms with Crippen LogP contribution < -0.4 is 10.1 Å². The first kappa shape index (κ1) is 17.1. The molecule has 0 aliphatic heterocycles. The fraction of sp³-hybridized carbons (Fsp3) is 0.625. The summed E-state index contributed by atoms with van der Waals surface area (Å²) in [5, 5.41) is 4.06. The zero-order valence-electron chi connectivity index (χ0n) is 13.3. The van der Waals surface area contributed by atoms with Crippen LogP contribution in [0.1, 0.15) is 41.0 Å². The summed E-state index contributed by atoms with van der Waals surface area (Å²) < 4.78 is 11.1. The molecule has 1 unspecified atom stereocenters. The molecule has 0 spiro atoms. The van der Waals surface area contributed by atoms with Gasteiger partial charge in [0.1, 0.15) is 5.75 Å². The minimum atomic E-state index is -0.142. The molecule has 0 aromatic heterocycles. The fourth-order valence-corrected chi connectivity index (χ4v) is 2.32. The first-order chi connectivity index (χ1) is 9.23. The molecule has 0 saturated carbocycles. The SMILES string of the molecule is COC(C)(C)CC(C)Nc1ccc(OC(C)C)c(Cl)c1. The van der Waals surface area contributed by atoms with Gasteiger partial charge in [0, 0.05) is 18.8 Å². The molecule has 1 aromatic rings. The third-order valence-electron chi connectivity index (χ3n) is 3.06. The first-order valence-corrected chi connectivity index (χ1v) is 7.39. The van der Waals surface area contributed by atoms with Crippen molar-refractivity contribution >= 4 is 17.3 Å². The van der Waals surface area contributed by atoms with E-state index in [1.54, 1.807) is 7.11 Å². The summed E-state index contributed by atoms with van der Waals surface area (Å²) in [7, 11) is 1.74. The summed E-state index contributed by atoms with van der Waals surface area (Å²) in [5.74, 6) is 0.720. The summed E-state index contributed by atoms with van der Waals surface area (Å²) in [6, 6.07) is 6.08. The predicted molar refractivity (Wildman–Crippen MR) is 86.0 cm³/mol. The lowest BCUT2D eigenvalue weighted by Crippen LogP contribution is -2.31. The topological polar surface area (TPSA) is 30.5 Å². The molecule has 1 aromatic carbocycles. The van der Waals surface area contributed by atoms with Gasteiger partial charge in [0.15, 0.2) is 0 Å². The van der Waals surface area contributed by atoms with Crippen LogP contribution in [0.3, 0.4) is 0 Å². The monoisotopic (exact) mass is 299 g/mol. The molecule has 1 atom stereocenters. The van der Waals surface area contributed by atoms with Crippen LogP contribution in [0.5, 0.6) is 5.75 Å². The Morgan fingerprint density at radius 3 is 2.40 bits per heavy atom. The summed E-state index contributed by atoms with van der Waals surface area (Å²) in [5.41, 5.74) is 0.849. The van der Waals surface area contributed by atoms with Crippen LogP contribution in [-0.2, 0) is 4.74 Å². The summed E-state index contributed by atoms with van der Waals surface area (Å²) in [6.45, 7) is 10.3. The van der Waals surface area contributed by atoms with E-state index in [0.717, 1.165) is 17.9 Å². The van der Waals surface area contributed by atoms with Crippen molar-refractivity contribution in [3.63, 3.8) is 0 Å². The number of rotatable bonds is 7. The van der Waals surface area contributed by atoms with E-state index >= 15 is 0 Å². The van der Waals surface area contributed by atoms with Crippen molar-refractivity contribution in [3.8, 4) is 5.75 Å². The second kappa shape index (κ2) is 7.19. The standard InChI is InChI=1S/C16H26ClNO2/c1-11(2)20-15-8-7-13(9-14(15)17)18-12(3)10-16(4,5)19-6/h7-9,11-12,18H,10H2,1-6H3. The van der Waals surface area contributed by atoms with Gasteiger partial charge < -0.3 is 14.8 Å². The van der Waals surface area contributed by atoms with E-state index in [-0.39, 0.29) is 17.7 Å². The molecule has 0 amide bonds. The third kappa shape index (κ3) is 5.59. The van der Waals surface area contributed by atoms with Gasteiger partial charge in [-0.15, -0.1) is 0 Å². The van der Waals surface area contributed by atoms with Crippen LogP contribution in [0.15, 0.2) is 18.2 Å². The molecular formula is C16H26ClNO2. The van der Waals surface area contributed by atoms with E-state index in [2.05, 4.69) is 26.1 Å². The maximum absolute atomic E-state index is 6.23. The van der Waals surface area contributed by atoms with Crippen molar-refractivity contribution in [1.29, 1.82) is 0 Å². The van der Waals surface area contributed by atoms with Crippen molar-refractivity contribution < 1.29 is 9.47 Å². The number of nitrogens with one attached hydrogen (secondary N) is 1. The van der Waals surface area contributed by atoms with Gasteiger partial charge in [0.25, 0.3) is 0 Å². The van der Waals surface area contributed by atoms with Crippen LogP contribution in [0.25, 0.3) is 0 Å². The Bertz CT molecular complexity index is 432. The van der Waals surface area contributed by atoms with Gasteiger partial charge in [0.2, 0.25) is 0 Å². The summed E-state index contributed by atoms with van der Waals surface area (Å²) in [6.07, 6.45) is 1.03. The predicted octanol–water partition coefficient (Wildman–Crippen LogP) is 4.74. The molecule has 0 bridgehead atoms. The number of methoxy groups -OCH3 is 1. The van der Waals surface area contributed by atoms with Gasteiger partial charge in [-0.2, -0.15) is 0 Å². The Kier molecular flexibility index (Phi) is 6.15. The smallest absolute Gasteiger partial charge is 0.138 e. The Morgan fingerprint density at radius 1 is 1.25 bits per heavy atom. The number of hydrogen-bond donors (Lipinski definition) is 1. The van der Waals surface area contributed by atoms with Gasteiger partial charge in [-0.1, -0.05) is 11.6 Å². The zero-order chi connectivity index (χ0) is 15.3. The molecule has 0 radical (unpaired) electrons. The Balaban J connectivity index is 2.67. The highest BCUT2D eigenvalue weighted by molar-refractivity contribution is 6.32. The van der Waals surface area contributed by atoms with Gasteiger partial charge in [-0.3, -0.25) is 0 Å². The quantitative estimate of drug-likeness (QED) is 0.788. The number of anilines is 1. The second-order valence-electron chi connectivity index (χ2n) is 6.03. The highest BCUT2D eigenvalue weighted by atomic mass is 35.5. The van der Waals surface area contributed by atoms with Crippen molar-refractivity contribution in [2.24, 2.45) is 0 Å². The highest BCUT2D eigenvalue weighted by Gasteiger charge is 2.20. The maximum Gasteiger partial charge on any atom is 0.138 e. The molecule has 114 valence electrons. The van der Waals surface area contributed by atoms with Crippen LogP contribution >= 0.6 is 11.6 Å². The Labute approximate surface area is 127 Å². The van der Waals surface area contributed by atoms with Gasteiger partial charge >= 0.3 is 0 Å². The van der Waals surface area contributed by atoms with Crippen molar-refractivity contribution in [2.75, 3.05) is 12.4 Å². The Hall–Kier alpha value is -0.930. The van der Waals surface area contributed by atoms with Crippen molar-refractivity contribution in [3.05, 3.63) is 23.2 Å². The average Bonchev–Trinajstić information content (AvgIpc) is 2.31. The normalized spacial score (nSPS) is 13.4. The van der Waals surface area contributed by atoms with E-state index in [9.17, 15) is 0 Å². The zero-order valence-corrected chi connectivity index (χ0v) is 14.0. The molecule has 4 heteroatoms. The van der Waals surface area contributed by atoms with Gasteiger partial charge in [0.05, 0.1) is 16.7 Å². The molecular weight excluding hydrogens is 274 g/mol. The first-order valence-electron chi connectivity index (χ1n) is 7.01. The van der Waals surface area contributed by atoms with E-state index < -0.39 is 0 Å². The van der Waals surface area contributed by atoms with Crippen LogP contribution in [0.2, 0.25) is 5.02 Å². The van der Waals surface area contributed by atoms with Gasteiger partial charge in [-0.25, -0.2) is 0 Å². The number of benzene rings is 1. The minimum absolute atomic E-state index is 0.118. The molecule has 1 N–H and O–H groups in total.